The van der Waals surface area contributed by atoms with Crippen LogP contribution in [0.25, 0.3) is 10.8 Å². The molecule has 27 heavy (non-hydrogen) atoms. The molecular formula is C18H15ClN4O4. The van der Waals surface area contributed by atoms with Crippen molar-refractivity contribution < 1.29 is 9.72 Å². The Morgan fingerprint density at radius 1 is 1.22 bits per heavy atom. The molecule has 9 heteroatoms. The van der Waals surface area contributed by atoms with Gasteiger partial charge in [-0.2, -0.15) is 5.10 Å². The van der Waals surface area contributed by atoms with Crippen molar-refractivity contribution in [3.05, 3.63) is 73.6 Å². The molecule has 0 fully saturated rings. The van der Waals surface area contributed by atoms with Crippen LogP contribution >= 0.6 is 11.6 Å². The molecular weight excluding hydrogens is 372 g/mol. The number of halogens is 1. The van der Waals surface area contributed by atoms with Crippen molar-refractivity contribution in [3.8, 4) is 0 Å². The maximum Gasteiger partial charge on any atom is 0.289 e. The van der Waals surface area contributed by atoms with Crippen LogP contribution in [-0.2, 0) is 0 Å². The number of amides is 1. The molecule has 0 saturated heterocycles. The summed E-state index contributed by atoms with van der Waals surface area (Å²) in [6.07, 6.45) is 0. The van der Waals surface area contributed by atoms with Crippen LogP contribution in [0.15, 0.2) is 47.3 Å². The largest absolute Gasteiger partial charge is 0.320 e. The molecule has 0 spiro atoms. The van der Waals surface area contributed by atoms with E-state index in [1.807, 2.05) is 0 Å². The van der Waals surface area contributed by atoms with E-state index in [0.717, 1.165) is 0 Å². The lowest BCUT2D eigenvalue weighted by atomic mass is 10.1. The smallest absolute Gasteiger partial charge is 0.289 e. The number of nitrogens with one attached hydrogen (secondary N) is 1. The number of nitro groups is 1. The Balaban J connectivity index is 2.09. The highest BCUT2D eigenvalue weighted by atomic mass is 35.5. The Kier molecular flexibility index (Phi) is 4.91. The van der Waals surface area contributed by atoms with Gasteiger partial charge >= 0.3 is 0 Å². The van der Waals surface area contributed by atoms with Crippen molar-refractivity contribution in [2.45, 2.75) is 19.9 Å². The maximum atomic E-state index is 12.8. The molecule has 0 aliphatic carbocycles. The second kappa shape index (κ2) is 7.16. The lowest BCUT2D eigenvalue weighted by Crippen LogP contribution is -2.28. The van der Waals surface area contributed by atoms with E-state index in [0.29, 0.717) is 10.8 Å². The van der Waals surface area contributed by atoms with Crippen LogP contribution in [0.3, 0.4) is 0 Å². The zero-order valence-corrected chi connectivity index (χ0v) is 15.2. The standard InChI is InChI=1S/C18H15ClN4O4/c1-10(2)22-18(25)13-6-4-3-5-12(13)16(21-22)17(24)20-11-7-8-14(19)15(9-11)23(26)27/h3-10H,1-2H3,(H,20,24). The number of aromatic nitrogens is 2. The summed E-state index contributed by atoms with van der Waals surface area (Å²) in [5, 5.41) is 18.5. The van der Waals surface area contributed by atoms with E-state index in [-0.39, 0.29) is 33.7 Å². The van der Waals surface area contributed by atoms with Gasteiger partial charge < -0.3 is 5.32 Å². The first-order valence-electron chi connectivity index (χ1n) is 8.06. The summed E-state index contributed by atoms with van der Waals surface area (Å²) in [5.74, 6) is -0.586. The zero-order valence-electron chi connectivity index (χ0n) is 14.5. The number of hydrogen-bond acceptors (Lipinski definition) is 5. The van der Waals surface area contributed by atoms with Crippen molar-refractivity contribution in [3.63, 3.8) is 0 Å². The minimum absolute atomic E-state index is 0.0325. The van der Waals surface area contributed by atoms with Crippen LogP contribution in [0.5, 0.6) is 0 Å². The molecule has 3 aromatic rings. The molecule has 0 bridgehead atoms. The van der Waals surface area contributed by atoms with E-state index in [9.17, 15) is 19.7 Å². The Morgan fingerprint density at radius 3 is 2.52 bits per heavy atom. The molecule has 2 aromatic carbocycles. The van der Waals surface area contributed by atoms with Crippen molar-refractivity contribution in [1.82, 2.24) is 9.78 Å². The third-order valence-corrected chi connectivity index (χ3v) is 4.25. The quantitative estimate of drug-likeness (QED) is 0.542. The van der Waals surface area contributed by atoms with Crippen molar-refractivity contribution in [2.75, 3.05) is 5.32 Å². The van der Waals surface area contributed by atoms with Gasteiger partial charge in [0.15, 0.2) is 5.69 Å². The normalized spacial score (nSPS) is 11.0. The van der Waals surface area contributed by atoms with Gasteiger partial charge in [0.2, 0.25) is 0 Å². The molecule has 0 aliphatic heterocycles. The molecule has 1 heterocycles. The van der Waals surface area contributed by atoms with Gasteiger partial charge in [0.1, 0.15) is 5.02 Å². The minimum atomic E-state index is -0.634. The first-order chi connectivity index (χ1) is 12.8. The maximum absolute atomic E-state index is 12.8. The van der Waals surface area contributed by atoms with Crippen LogP contribution < -0.4 is 10.9 Å². The van der Waals surface area contributed by atoms with E-state index >= 15 is 0 Å². The first-order valence-corrected chi connectivity index (χ1v) is 8.44. The topological polar surface area (TPSA) is 107 Å². The summed E-state index contributed by atoms with van der Waals surface area (Å²) in [5.41, 5.74) is -0.362. The van der Waals surface area contributed by atoms with Crippen LogP contribution in [0.2, 0.25) is 5.02 Å². The summed E-state index contributed by atoms with van der Waals surface area (Å²) in [6.45, 7) is 3.57. The number of carbonyl (C=O) groups is 1. The Morgan fingerprint density at radius 2 is 1.89 bits per heavy atom. The third-order valence-electron chi connectivity index (χ3n) is 3.93. The molecule has 0 radical (unpaired) electrons. The molecule has 138 valence electrons. The predicted molar refractivity (Wildman–Crippen MR) is 102 cm³/mol. The summed E-state index contributed by atoms with van der Waals surface area (Å²) < 4.78 is 1.24. The molecule has 3 rings (SSSR count). The second-order valence-electron chi connectivity index (χ2n) is 6.12. The number of benzene rings is 2. The lowest BCUT2D eigenvalue weighted by Gasteiger charge is -2.13. The first kappa shape index (κ1) is 18.5. The summed E-state index contributed by atoms with van der Waals surface area (Å²) in [4.78, 5) is 35.7. The van der Waals surface area contributed by atoms with Crippen molar-refractivity contribution >= 4 is 39.7 Å². The molecule has 0 unspecified atom stereocenters. The highest BCUT2D eigenvalue weighted by Crippen LogP contribution is 2.27. The fraction of sp³-hybridized carbons (Fsp3) is 0.167. The van der Waals surface area contributed by atoms with Gasteiger partial charge in [0, 0.05) is 17.1 Å². The fourth-order valence-corrected chi connectivity index (χ4v) is 2.83. The van der Waals surface area contributed by atoms with Gasteiger partial charge in [0.05, 0.1) is 16.4 Å². The van der Waals surface area contributed by atoms with Crippen LogP contribution in [-0.4, -0.2) is 20.6 Å². The van der Waals surface area contributed by atoms with Crippen molar-refractivity contribution in [1.29, 1.82) is 0 Å². The highest BCUT2D eigenvalue weighted by Gasteiger charge is 2.19. The van der Waals surface area contributed by atoms with E-state index in [2.05, 4.69) is 10.4 Å². The number of anilines is 1. The number of rotatable bonds is 4. The van der Waals surface area contributed by atoms with Gasteiger partial charge in [0.25, 0.3) is 17.2 Å². The Labute approximate surface area is 158 Å². The molecule has 1 amide bonds. The van der Waals surface area contributed by atoms with E-state index < -0.39 is 10.8 Å². The van der Waals surface area contributed by atoms with Gasteiger partial charge in [-0.25, -0.2) is 4.68 Å². The van der Waals surface area contributed by atoms with Gasteiger partial charge in [-0.05, 0) is 32.0 Å². The summed E-state index contributed by atoms with van der Waals surface area (Å²) in [6, 6.07) is 10.4. The fourth-order valence-electron chi connectivity index (χ4n) is 2.64. The average molecular weight is 387 g/mol. The highest BCUT2D eigenvalue weighted by molar-refractivity contribution is 6.32. The van der Waals surface area contributed by atoms with Gasteiger partial charge in [-0.3, -0.25) is 19.7 Å². The lowest BCUT2D eigenvalue weighted by molar-refractivity contribution is -0.384. The molecule has 0 saturated carbocycles. The molecule has 0 atom stereocenters. The number of carbonyl (C=O) groups excluding carboxylic acids is 1. The number of fused-ring (bicyclic) bond motifs is 1. The number of nitro benzene ring substituents is 1. The zero-order chi connectivity index (χ0) is 19.7. The Bertz CT molecular complexity index is 1120. The number of nitrogens with zero attached hydrogens (tertiary/aromatic N) is 3. The van der Waals surface area contributed by atoms with Crippen LogP contribution in [0, 0.1) is 10.1 Å². The van der Waals surface area contributed by atoms with E-state index in [1.54, 1.807) is 38.1 Å². The molecule has 1 aromatic heterocycles. The van der Waals surface area contributed by atoms with E-state index in [1.165, 1.54) is 22.9 Å². The second-order valence-corrected chi connectivity index (χ2v) is 6.52. The summed E-state index contributed by atoms with van der Waals surface area (Å²) >= 11 is 5.79. The Hall–Kier alpha value is -3.26. The molecule has 0 aliphatic rings. The van der Waals surface area contributed by atoms with Crippen LogP contribution in [0.1, 0.15) is 30.4 Å². The van der Waals surface area contributed by atoms with Gasteiger partial charge in [-0.1, -0.05) is 29.8 Å². The number of hydrogen-bond donors (Lipinski definition) is 1. The molecule has 8 nitrogen and oxygen atoms in total. The molecule has 1 N–H and O–H groups in total. The SMILES string of the molecule is CC(C)n1nc(C(=O)Nc2ccc(Cl)c([N+](=O)[O-])c2)c2ccccc2c1=O. The summed E-state index contributed by atoms with van der Waals surface area (Å²) in [7, 11) is 0. The minimum Gasteiger partial charge on any atom is -0.320 e. The van der Waals surface area contributed by atoms with Gasteiger partial charge in [-0.15, -0.1) is 0 Å². The average Bonchev–Trinajstić information content (AvgIpc) is 2.63. The van der Waals surface area contributed by atoms with Crippen LogP contribution in [0.4, 0.5) is 11.4 Å². The monoisotopic (exact) mass is 386 g/mol. The van der Waals surface area contributed by atoms with Crippen molar-refractivity contribution in [2.24, 2.45) is 0 Å². The third kappa shape index (κ3) is 3.52. The van der Waals surface area contributed by atoms with E-state index in [4.69, 9.17) is 11.6 Å². The predicted octanol–water partition coefficient (Wildman–Crippen LogP) is 3.79.